The number of aromatic nitrogens is 2. The predicted molar refractivity (Wildman–Crippen MR) is 75.2 cm³/mol. The van der Waals surface area contributed by atoms with Crippen LogP contribution < -0.4 is 14.8 Å². The van der Waals surface area contributed by atoms with Crippen molar-refractivity contribution in [1.29, 1.82) is 0 Å². The van der Waals surface area contributed by atoms with Gasteiger partial charge in [0.05, 0.1) is 20.3 Å². The van der Waals surface area contributed by atoms with Gasteiger partial charge in [0, 0.05) is 11.9 Å². The number of hydrogen-bond donors (Lipinski definition) is 1. The quantitative estimate of drug-likeness (QED) is 0.843. The van der Waals surface area contributed by atoms with Gasteiger partial charge < -0.3 is 14.8 Å². The first-order chi connectivity index (χ1) is 9.21. The van der Waals surface area contributed by atoms with Crippen LogP contribution in [0.25, 0.3) is 0 Å². The van der Waals surface area contributed by atoms with Crippen molar-refractivity contribution >= 4 is 17.5 Å². The van der Waals surface area contributed by atoms with Gasteiger partial charge in [-0.3, -0.25) is 0 Å². The van der Waals surface area contributed by atoms with Gasteiger partial charge in [-0.1, -0.05) is 6.42 Å². The minimum absolute atomic E-state index is 0.307. The summed E-state index contributed by atoms with van der Waals surface area (Å²) < 4.78 is 10.2. The molecule has 19 heavy (non-hydrogen) atoms. The first-order valence-electron chi connectivity index (χ1n) is 6.56. The predicted octanol–water partition coefficient (Wildman–Crippen LogP) is 2.70. The van der Waals surface area contributed by atoms with E-state index in [4.69, 9.17) is 21.1 Å². The highest BCUT2D eigenvalue weighted by atomic mass is 35.5. The average molecular weight is 286 g/mol. The van der Waals surface area contributed by atoms with Crippen LogP contribution in [0, 0.1) is 5.92 Å². The summed E-state index contributed by atoms with van der Waals surface area (Å²) >= 11 is 6.19. The molecule has 0 amide bonds. The number of alkyl halides is 1. The summed E-state index contributed by atoms with van der Waals surface area (Å²) in [5.41, 5.74) is 0. The van der Waals surface area contributed by atoms with Crippen molar-refractivity contribution in [1.82, 2.24) is 9.97 Å². The third-order valence-corrected chi connectivity index (χ3v) is 3.76. The molecule has 0 spiro atoms. The Labute approximate surface area is 118 Å². The van der Waals surface area contributed by atoms with E-state index in [0.29, 0.717) is 29.0 Å². The molecule has 1 heterocycles. The topological polar surface area (TPSA) is 56.3 Å². The molecule has 2 unspecified atom stereocenters. The molecule has 0 aliphatic heterocycles. The van der Waals surface area contributed by atoms with E-state index >= 15 is 0 Å². The fraction of sp³-hybridized carbons (Fsp3) is 0.692. The lowest BCUT2D eigenvalue weighted by molar-refractivity contribution is 0.368. The maximum absolute atomic E-state index is 6.19. The van der Waals surface area contributed by atoms with Crippen LogP contribution in [0.1, 0.15) is 25.7 Å². The Morgan fingerprint density at radius 3 is 2.53 bits per heavy atom. The van der Waals surface area contributed by atoms with Crippen LogP contribution in [0.4, 0.5) is 5.95 Å². The zero-order valence-electron chi connectivity index (χ0n) is 11.4. The maximum atomic E-state index is 6.19. The van der Waals surface area contributed by atoms with Crippen molar-refractivity contribution in [2.24, 2.45) is 5.92 Å². The van der Waals surface area contributed by atoms with Crippen molar-refractivity contribution in [2.45, 2.75) is 31.1 Å². The van der Waals surface area contributed by atoms with E-state index in [2.05, 4.69) is 15.3 Å². The van der Waals surface area contributed by atoms with Gasteiger partial charge in [0.15, 0.2) is 0 Å². The van der Waals surface area contributed by atoms with Crippen LogP contribution >= 0.6 is 11.6 Å². The highest BCUT2D eigenvalue weighted by Crippen LogP contribution is 2.28. The third kappa shape index (κ3) is 4.13. The fourth-order valence-corrected chi connectivity index (χ4v) is 2.74. The second kappa shape index (κ2) is 6.80. The first-order valence-corrected chi connectivity index (χ1v) is 7.00. The summed E-state index contributed by atoms with van der Waals surface area (Å²) in [5, 5.41) is 3.55. The normalized spacial score (nSPS) is 22.9. The van der Waals surface area contributed by atoms with Gasteiger partial charge in [-0.05, 0) is 25.2 Å². The highest BCUT2D eigenvalue weighted by molar-refractivity contribution is 6.20. The van der Waals surface area contributed by atoms with Crippen LogP contribution in [0.2, 0.25) is 0 Å². The molecule has 1 aliphatic carbocycles. The van der Waals surface area contributed by atoms with Crippen molar-refractivity contribution in [3.05, 3.63) is 6.07 Å². The molecule has 0 bridgehead atoms. The van der Waals surface area contributed by atoms with Crippen LogP contribution in [0.5, 0.6) is 11.8 Å². The molecule has 1 aromatic rings. The molecular formula is C13H20ClN3O2. The summed E-state index contributed by atoms with van der Waals surface area (Å²) in [6.07, 6.45) is 4.58. The van der Waals surface area contributed by atoms with E-state index < -0.39 is 0 Å². The molecule has 1 N–H and O–H groups in total. The van der Waals surface area contributed by atoms with E-state index in [-0.39, 0.29) is 0 Å². The lowest BCUT2D eigenvalue weighted by atomic mass is 9.89. The molecule has 1 aliphatic rings. The van der Waals surface area contributed by atoms with Crippen LogP contribution in [0.3, 0.4) is 0 Å². The van der Waals surface area contributed by atoms with Gasteiger partial charge in [-0.25, -0.2) is 0 Å². The Balaban J connectivity index is 1.94. The SMILES string of the molecule is COc1cc(OC)nc(NCC2CCCC(Cl)C2)n1. The lowest BCUT2D eigenvalue weighted by Crippen LogP contribution is -2.23. The Morgan fingerprint density at radius 1 is 1.26 bits per heavy atom. The minimum Gasteiger partial charge on any atom is -0.481 e. The number of nitrogens with one attached hydrogen (secondary N) is 1. The number of anilines is 1. The Bertz CT molecular complexity index is 395. The fourth-order valence-electron chi connectivity index (χ4n) is 2.34. The van der Waals surface area contributed by atoms with Crippen LogP contribution in [0.15, 0.2) is 6.07 Å². The van der Waals surface area contributed by atoms with Crippen LogP contribution in [-0.2, 0) is 0 Å². The Hall–Kier alpha value is -1.23. The van der Waals surface area contributed by atoms with Crippen LogP contribution in [-0.4, -0.2) is 36.1 Å². The number of halogens is 1. The van der Waals surface area contributed by atoms with Gasteiger partial charge in [0.2, 0.25) is 17.7 Å². The molecule has 0 radical (unpaired) electrons. The van der Waals surface area contributed by atoms with Gasteiger partial charge in [-0.15, -0.1) is 11.6 Å². The highest BCUT2D eigenvalue weighted by Gasteiger charge is 2.20. The monoisotopic (exact) mass is 285 g/mol. The number of nitrogens with zero attached hydrogens (tertiary/aromatic N) is 2. The summed E-state index contributed by atoms with van der Waals surface area (Å²) in [6, 6.07) is 1.65. The molecule has 1 saturated carbocycles. The largest absolute Gasteiger partial charge is 0.481 e. The molecule has 2 atom stereocenters. The molecule has 2 rings (SSSR count). The number of hydrogen-bond acceptors (Lipinski definition) is 5. The average Bonchev–Trinajstić information content (AvgIpc) is 2.44. The van der Waals surface area contributed by atoms with Gasteiger partial charge in [0.25, 0.3) is 0 Å². The van der Waals surface area contributed by atoms with Crippen molar-refractivity contribution in [3.63, 3.8) is 0 Å². The molecule has 1 fully saturated rings. The molecule has 6 heteroatoms. The van der Waals surface area contributed by atoms with E-state index in [1.54, 1.807) is 20.3 Å². The third-order valence-electron chi connectivity index (χ3n) is 3.37. The second-order valence-electron chi connectivity index (χ2n) is 4.79. The van der Waals surface area contributed by atoms with Crippen molar-refractivity contribution < 1.29 is 9.47 Å². The van der Waals surface area contributed by atoms with E-state index in [9.17, 15) is 0 Å². The second-order valence-corrected chi connectivity index (χ2v) is 5.40. The molecule has 0 saturated heterocycles. The molecule has 0 aromatic carbocycles. The zero-order chi connectivity index (χ0) is 13.7. The standard InChI is InChI=1S/C13H20ClN3O2/c1-18-11-7-12(19-2)17-13(16-11)15-8-9-4-3-5-10(14)6-9/h7,9-10H,3-6,8H2,1-2H3,(H,15,16,17). The maximum Gasteiger partial charge on any atom is 0.229 e. The number of methoxy groups -OCH3 is 2. The van der Waals surface area contributed by atoms with Gasteiger partial charge in [0.1, 0.15) is 0 Å². The summed E-state index contributed by atoms with van der Waals surface area (Å²) in [6.45, 7) is 0.833. The molecule has 106 valence electrons. The molecule has 5 nitrogen and oxygen atoms in total. The minimum atomic E-state index is 0.307. The zero-order valence-corrected chi connectivity index (χ0v) is 12.1. The lowest BCUT2D eigenvalue weighted by Gasteiger charge is -2.25. The first kappa shape index (κ1) is 14.2. The smallest absolute Gasteiger partial charge is 0.229 e. The summed E-state index contributed by atoms with van der Waals surface area (Å²) in [7, 11) is 3.15. The van der Waals surface area contributed by atoms with E-state index in [1.165, 1.54) is 12.8 Å². The Morgan fingerprint density at radius 2 is 1.95 bits per heavy atom. The summed E-state index contributed by atoms with van der Waals surface area (Å²) in [5.74, 6) is 2.10. The van der Waals surface area contributed by atoms with Crippen molar-refractivity contribution in [2.75, 3.05) is 26.1 Å². The molecular weight excluding hydrogens is 266 g/mol. The van der Waals surface area contributed by atoms with Gasteiger partial charge >= 0.3 is 0 Å². The van der Waals surface area contributed by atoms with E-state index in [1.807, 2.05) is 0 Å². The number of ether oxygens (including phenoxy) is 2. The van der Waals surface area contributed by atoms with E-state index in [0.717, 1.165) is 19.4 Å². The van der Waals surface area contributed by atoms with Crippen molar-refractivity contribution in [3.8, 4) is 11.8 Å². The van der Waals surface area contributed by atoms with Gasteiger partial charge in [-0.2, -0.15) is 9.97 Å². The molecule has 1 aromatic heterocycles. The Kier molecular flexibility index (Phi) is 5.07. The summed E-state index contributed by atoms with van der Waals surface area (Å²) in [4.78, 5) is 8.49. The number of rotatable bonds is 5.